The summed E-state index contributed by atoms with van der Waals surface area (Å²) < 4.78 is 4.94. The molecule has 0 bridgehead atoms. The van der Waals surface area contributed by atoms with Gasteiger partial charge in [-0.05, 0) is 24.3 Å². The van der Waals surface area contributed by atoms with Gasteiger partial charge in [-0.3, -0.25) is 9.59 Å². The fourth-order valence-corrected chi connectivity index (χ4v) is 2.64. The van der Waals surface area contributed by atoms with Crippen LogP contribution in [0.3, 0.4) is 0 Å². The molecule has 138 valence electrons. The molecule has 3 unspecified atom stereocenters. The van der Waals surface area contributed by atoms with Gasteiger partial charge in [0.1, 0.15) is 24.4 Å². The summed E-state index contributed by atoms with van der Waals surface area (Å²) in [5, 5.41) is 41.3. The van der Waals surface area contributed by atoms with Crippen molar-refractivity contribution in [2.45, 2.75) is 43.5 Å². The van der Waals surface area contributed by atoms with Crippen molar-refractivity contribution in [3.8, 4) is 0 Å². The second-order valence-corrected chi connectivity index (χ2v) is 6.19. The number of benzene rings is 1. The molecule has 1 amide bonds. The molecule has 9 heteroatoms. The van der Waals surface area contributed by atoms with Crippen LogP contribution in [0.15, 0.2) is 24.3 Å². The lowest BCUT2D eigenvalue weighted by molar-refractivity contribution is -0.253. The van der Waals surface area contributed by atoms with Gasteiger partial charge < -0.3 is 30.5 Å². The first kappa shape index (κ1) is 19.8. The summed E-state index contributed by atoms with van der Waals surface area (Å²) in [7, 11) is 0. The molecule has 1 fully saturated rings. The lowest BCUT2D eigenvalue weighted by atomic mass is 9.97. The number of carbonyl (C=O) groups excluding carboxylic acids is 2. The van der Waals surface area contributed by atoms with Crippen molar-refractivity contribution >= 4 is 23.3 Å². The minimum absolute atomic E-state index is 0.0744. The number of halogens is 1. The normalized spacial score (nSPS) is 29.2. The van der Waals surface area contributed by atoms with E-state index in [2.05, 4.69) is 5.32 Å². The van der Waals surface area contributed by atoms with E-state index in [-0.39, 0.29) is 18.6 Å². The van der Waals surface area contributed by atoms with Crippen LogP contribution in [-0.4, -0.2) is 69.4 Å². The second-order valence-electron chi connectivity index (χ2n) is 5.75. The fraction of sp³-hybridized carbons (Fsp3) is 0.500. The number of carbonyl (C=O) groups is 2. The van der Waals surface area contributed by atoms with Crippen molar-refractivity contribution in [1.29, 1.82) is 0 Å². The maximum Gasteiger partial charge on any atom is 0.220 e. The minimum atomic E-state index is -1.59. The molecule has 2 rings (SSSR count). The Morgan fingerprint density at radius 3 is 2.32 bits per heavy atom. The Morgan fingerprint density at radius 1 is 1.08 bits per heavy atom. The quantitative estimate of drug-likeness (QED) is 0.412. The van der Waals surface area contributed by atoms with Gasteiger partial charge >= 0.3 is 0 Å². The van der Waals surface area contributed by atoms with Gasteiger partial charge in [0.2, 0.25) is 5.91 Å². The highest BCUT2D eigenvalue weighted by Gasteiger charge is 2.44. The molecule has 5 atom stereocenters. The number of aliphatic hydroxyl groups excluding tert-OH is 4. The molecular formula is C16H20ClNO7. The average molecular weight is 374 g/mol. The van der Waals surface area contributed by atoms with Crippen LogP contribution in [-0.2, 0) is 9.53 Å². The highest BCUT2D eigenvalue weighted by Crippen LogP contribution is 2.20. The number of aliphatic hydroxyl groups is 4. The summed E-state index contributed by atoms with van der Waals surface area (Å²) in [5.41, 5.74) is 0.416. The monoisotopic (exact) mass is 373 g/mol. The minimum Gasteiger partial charge on any atom is -0.394 e. The SMILES string of the molecule is O=C(CCC(=O)c1ccc(Cl)cc1)NC1C(O)O[C@H](CO)C(O)[C@@H]1O. The van der Waals surface area contributed by atoms with Crippen molar-refractivity contribution < 1.29 is 34.8 Å². The summed E-state index contributed by atoms with van der Waals surface area (Å²) in [4.78, 5) is 24.0. The molecule has 1 aliphatic heterocycles. The zero-order chi connectivity index (χ0) is 18.6. The van der Waals surface area contributed by atoms with Crippen molar-refractivity contribution in [3.05, 3.63) is 34.9 Å². The molecule has 1 aromatic rings. The Bertz CT molecular complexity index is 609. The molecule has 0 spiro atoms. The van der Waals surface area contributed by atoms with Crippen LogP contribution in [0.5, 0.6) is 0 Å². The van der Waals surface area contributed by atoms with Gasteiger partial charge in [-0.1, -0.05) is 11.6 Å². The highest BCUT2D eigenvalue weighted by molar-refractivity contribution is 6.30. The van der Waals surface area contributed by atoms with E-state index in [1.54, 1.807) is 24.3 Å². The number of Topliss-reactive ketones (excluding diaryl/α,β-unsaturated/α-hetero) is 1. The third kappa shape index (κ3) is 4.97. The van der Waals surface area contributed by atoms with Gasteiger partial charge in [0, 0.05) is 23.4 Å². The topological polar surface area (TPSA) is 136 Å². The van der Waals surface area contributed by atoms with E-state index in [1.165, 1.54) is 0 Å². The third-order valence-electron chi connectivity index (χ3n) is 3.97. The molecule has 1 heterocycles. The summed E-state index contributed by atoms with van der Waals surface area (Å²) in [6, 6.07) is 4.98. The summed E-state index contributed by atoms with van der Waals surface area (Å²) in [6.07, 6.45) is -5.96. The standard InChI is InChI=1S/C16H20ClNO7/c17-9-3-1-8(2-4-9)10(20)5-6-12(21)18-13-15(23)14(22)11(7-19)25-16(13)24/h1-4,11,13-16,19,22-24H,5-7H2,(H,18,21)/t11-,13?,14?,15-,16?/m1/s1. The molecule has 1 aromatic carbocycles. The molecule has 8 nitrogen and oxygen atoms in total. The molecule has 25 heavy (non-hydrogen) atoms. The van der Waals surface area contributed by atoms with Crippen LogP contribution in [0.25, 0.3) is 0 Å². The molecule has 0 saturated carbocycles. The van der Waals surface area contributed by atoms with E-state index in [4.69, 9.17) is 21.4 Å². The second kappa shape index (κ2) is 8.70. The molecule has 1 saturated heterocycles. The Balaban J connectivity index is 1.87. The number of hydrogen-bond acceptors (Lipinski definition) is 7. The number of amides is 1. The first-order valence-corrected chi connectivity index (χ1v) is 8.10. The fourth-order valence-electron chi connectivity index (χ4n) is 2.52. The van der Waals surface area contributed by atoms with Crippen LogP contribution in [0.2, 0.25) is 5.02 Å². The van der Waals surface area contributed by atoms with Crippen molar-refractivity contribution in [3.63, 3.8) is 0 Å². The predicted molar refractivity (Wildman–Crippen MR) is 86.9 cm³/mol. The van der Waals surface area contributed by atoms with E-state index in [1.807, 2.05) is 0 Å². The number of hydrogen-bond donors (Lipinski definition) is 5. The van der Waals surface area contributed by atoms with Crippen LogP contribution in [0.1, 0.15) is 23.2 Å². The van der Waals surface area contributed by atoms with Crippen molar-refractivity contribution in [1.82, 2.24) is 5.32 Å². The van der Waals surface area contributed by atoms with Crippen LogP contribution in [0, 0.1) is 0 Å². The van der Waals surface area contributed by atoms with Gasteiger partial charge in [-0.25, -0.2) is 0 Å². The van der Waals surface area contributed by atoms with Crippen LogP contribution < -0.4 is 5.32 Å². The van der Waals surface area contributed by atoms with E-state index >= 15 is 0 Å². The van der Waals surface area contributed by atoms with Crippen molar-refractivity contribution in [2.75, 3.05) is 6.61 Å². The molecule has 1 aliphatic rings. The van der Waals surface area contributed by atoms with E-state index in [0.717, 1.165) is 0 Å². The van der Waals surface area contributed by atoms with Gasteiger partial charge in [0.15, 0.2) is 12.1 Å². The maximum absolute atomic E-state index is 12.0. The molecule has 0 aromatic heterocycles. The summed E-state index contributed by atoms with van der Waals surface area (Å²) in [5.74, 6) is -0.850. The average Bonchev–Trinajstić information content (AvgIpc) is 2.60. The summed E-state index contributed by atoms with van der Waals surface area (Å²) >= 11 is 5.74. The van der Waals surface area contributed by atoms with Gasteiger partial charge in [-0.2, -0.15) is 0 Å². The zero-order valence-corrected chi connectivity index (χ0v) is 14.0. The van der Waals surface area contributed by atoms with E-state index in [0.29, 0.717) is 10.6 Å². The van der Waals surface area contributed by atoms with Crippen molar-refractivity contribution in [2.24, 2.45) is 0 Å². The Morgan fingerprint density at radius 2 is 1.72 bits per heavy atom. The first-order chi connectivity index (χ1) is 11.8. The Labute approximate surface area is 149 Å². The van der Waals surface area contributed by atoms with Gasteiger partial charge in [0.05, 0.1) is 6.61 Å². The largest absolute Gasteiger partial charge is 0.394 e. The first-order valence-electron chi connectivity index (χ1n) is 7.72. The van der Waals surface area contributed by atoms with E-state index in [9.17, 15) is 24.9 Å². The number of ether oxygens (including phenoxy) is 1. The number of ketones is 1. The number of nitrogens with one attached hydrogen (secondary N) is 1. The lowest BCUT2D eigenvalue weighted by Gasteiger charge is -2.40. The van der Waals surface area contributed by atoms with E-state index < -0.39 is 43.2 Å². The van der Waals surface area contributed by atoms with Crippen LogP contribution in [0.4, 0.5) is 0 Å². The van der Waals surface area contributed by atoms with Gasteiger partial charge in [0.25, 0.3) is 0 Å². The summed E-state index contributed by atoms with van der Waals surface area (Å²) in [6.45, 7) is -0.592. The molecule has 0 aliphatic carbocycles. The number of rotatable bonds is 6. The van der Waals surface area contributed by atoms with Gasteiger partial charge in [-0.15, -0.1) is 0 Å². The van der Waals surface area contributed by atoms with Crippen LogP contribution >= 0.6 is 11.6 Å². The molecular weight excluding hydrogens is 354 g/mol. The predicted octanol–water partition coefficient (Wildman–Crippen LogP) is -0.781. The molecule has 5 N–H and O–H groups in total. The zero-order valence-electron chi connectivity index (χ0n) is 13.2. The lowest BCUT2D eigenvalue weighted by Crippen LogP contribution is -2.64. The Hall–Kier alpha value is -1.55. The molecule has 0 radical (unpaired) electrons. The smallest absolute Gasteiger partial charge is 0.220 e. The Kier molecular flexibility index (Phi) is 6.88. The third-order valence-corrected chi connectivity index (χ3v) is 4.23. The highest BCUT2D eigenvalue weighted by atomic mass is 35.5. The maximum atomic E-state index is 12.0.